The van der Waals surface area contributed by atoms with E-state index >= 15 is 14.4 Å². The van der Waals surface area contributed by atoms with Gasteiger partial charge in [-0.25, -0.2) is 0 Å². The van der Waals surface area contributed by atoms with Crippen molar-refractivity contribution in [2.45, 2.75) is 228 Å². The second-order valence-electron chi connectivity index (χ2n) is 28.4. The van der Waals surface area contributed by atoms with Crippen LogP contribution in [0, 0.1) is 40.9 Å². The van der Waals surface area contributed by atoms with E-state index in [2.05, 4.69) is 21.3 Å². The van der Waals surface area contributed by atoms with Gasteiger partial charge in [-0.2, -0.15) is 11.8 Å². The molecule has 1 saturated carbocycles. The van der Waals surface area contributed by atoms with Crippen LogP contribution in [0.2, 0.25) is 0 Å². The highest BCUT2D eigenvalue weighted by atomic mass is 32.2. The van der Waals surface area contributed by atoms with Crippen LogP contribution >= 0.6 is 11.8 Å². The summed E-state index contributed by atoms with van der Waals surface area (Å²) < 4.78 is 6.16. The molecule has 5 N–H and O–H groups in total. The van der Waals surface area contributed by atoms with Gasteiger partial charge in [-0.1, -0.05) is 102 Å². The van der Waals surface area contributed by atoms with E-state index in [-0.39, 0.29) is 61.3 Å². The maximum absolute atomic E-state index is 15.5. The van der Waals surface area contributed by atoms with Gasteiger partial charge in [-0.05, 0) is 127 Å². The number of thioether (sulfide) groups is 1. The average Bonchev–Trinajstić information content (AvgIpc) is 0.738. The van der Waals surface area contributed by atoms with E-state index < -0.39 is 149 Å². The first-order chi connectivity index (χ1) is 41.0. The predicted octanol–water partition coefficient (Wildman–Crippen LogP) is 4.20. The van der Waals surface area contributed by atoms with E-state index in [9.17, 15) is 38.7 Å². The normalized spacial score (nSPS) is 28.3. The lowest BCUT2D eigenvalue weighted by atomic mass is 9.58. The molecule has 0 aromatic carbocycles. The van der Waals surface area contributed by atoms with E-state index in [4.69, 9.17) is 4.74 Å². The lowest BCUT2D eigenvalue weighted by Gasteiger charge is -2.56. The number of hydrogen-bond acceptors (Lipinski definition) is 15. The lowest BCUT2D eigenvalue weighted by Crippen LogP contribution is -2.71. The molecule has 1 aliphatic carbocycles. The molecule has 0 aromatic rings. The SMILES string of the molecule is C/C=C/C[C@@H](C)[C@@H](OC(=O)CSC)[C@H]1C(=O)N[C@@H](C)C(=O)N(C)CC(=O)N(C)C2(CC(C)(C)C2)C(=O)N[C@@H](C(C)C)C(=O)N(C)[C@@H](CC(C)C)C(=O)N[C@@H](C)C(=O)NC(C)C(O)N(C)[C@@H](CC(C)C)CN(C)[C@@H](CC(C)C)C(=O)N(C)[C@@H](C(C)C)C(=O)N1C. The molecule has 0 bridgehead atoms. The van der Waals surface area contributed by atoms with E-state index in [0.717, 1.165) is 4.90 Å². The van der Waals surface area contributed by atoms with Crippen LogP contribution < -0.4 is 21.3 Å². The highest BCUT2D eigenvalue weighted by Gasteiger charge is 2.59. The summed E-state index contributed by atoms with van der Waals surface area (Å²) >= 11 is 1.22. The van der Waals surface area contributed by atoms with Gasteiger partial charge in [0.1, 0.15) is 54.1 Å². The summed E-state index contributed by atoms with van der Waals surface area (Å²) in [4.78, 5) is 156. The summed E-state index contributed by atoms with van der Waals surface area (Å²) in [5.41, 5.74) is -1.88. The summed E-state index contributed by atoms with van der Waals surface area (Å²) in [6.07, 6.45) is 4.77. The van der Waals surface area contributed by atoms with Gasteiger partial charge in [-0.15, -0.1) is 0 Å². The number of rotatable bonds is 15. The van der Waals surface area contributed by atoms with Crippen molar-refractivity contribution in [2.24, 2.45) is 40.9 Å². The first-order valence-corrected chi connectivity index (χ1v) is 33.4. The summed E-state index contributed by atoms with van der Waals surface area (Å²) in [5.74, 6) is -7.79. The van der Waals surface area contributed by atoms with Crippen LogP contribution in [0.5, 0.6) is 0 Å². The van der Waals surface area contributed by atoms with Gasteiger partial charge in [0.25, 0.3) is 0 Å². The van der Waals surface area contributed by atoms with Crippen molar-refractivity contribution in [2.75, 3.05) is 74.4 Å². The molecule has 1 aliphatic heterocycles. The zero-order valence-corrected chi connectivity index (χ0v) is 59.6. The number of allylic oxidation sites excluding steroid dienone is 2. The number of nitrogens with one attached hydrogen (secondary N) is 4. The van der Waals surface area contributed by atoms with Gasteiger partial charge in [0, 0.05) is 47.8 Å². The molecule has 24 heteroatoms. The summed E-state index contributed by atoms with van der Waals surface area (Å²) in [6.45, 7) is 30.8. The first kappa shape index (κ1) is 79.8. The molecule has 1 saturated heterocycles. The van der Waals surface area contributed by atoms with Crippen LogP contribution in [0.15, 0.2) is 12.2 Å². The number of hydrogen-bond donors (Lipinski definition) is 5. The van der Waals surface area contributed by atoms with Crippen LogP contribution in [0.4, 0.5) is 0 Å². The Labute approximate surface area is 538 Å². The third-order valence-corrected chi connectivity index (χ3v) is 18.2. The van der Waals surface area contributed by atoms with Gasteiger partial charge in [0.2, 0.25) is 53.2 Å². The predicted molar refractivity (Wildman–Crippen MR) is 349 cm³/mol. The molecule has 9 amide bonds. The van der Waals surface area contributed by atoms with Gasteiger partial charge in [0.05, 0.1) is 24.4 Å². The first-order valence-electron chi connectivity index (χ1n) is 32.0. The van der Waals surface area contributed by atoms with Crippen molar-refractivity contribution < 1.29 is 57.8 Å². The fourth-order valence-corrected chi connectivity index (χ4v) is 12.9. The monoisotopic (exact) mass is 1280 g/mol. The van der Waals surface area contributed by atoms with E-state index in [0.29, 0.717) is 19.3 Å². The van der Waals surface area contributed by atoms with Gasteiger partial charge in [0.15, 0.2) is 0 Å². The molecule has 0 radical (unpaired) electrons. The van der Waals surface area contributed by atoms with Crippen molar-refractivity contribution in [1.29, 1.82) is 0 Å². The number of esters is 1. The molecule has 23 nitrogen and oxygen atoms in total. The van der Waals surface area contributed by atoms with Crippen LogP contribution in [0.3, 0.4) is 0 Å². The minimum atomic E-state index is -1.55. The molecule has 1 heterocycles. The Hall–Kier alpha value is -5.33. The molecule has 0 aromatic heterocycles. The number of aliphatic hydroxyl groups excluding tert-OH is 1. The minimum Gasteiger partial charge on any atom is -0.459 e. The Balaban J connectivity index is 3.01. The second kappa shape index (κ2) is 34.9. The molecule has 2 fully saturated rings. The number of likely N-dealkylation sites (N-methyl/N-ethyl adjacent to an activating group) is 7. The molecule has 2 aliphatic rings. The molecular formula is C65H117N11O12S. The Morgan fingerprint density at radius 2 is 1.18 bits per heavy atom. The molecule has 89 heavy (non-hydrogen) atoms. The largest absolute Gasteiger partial charge is 0.459 e. The van der Waals surface area contributed by atoms with E-state index in [1.165, 1.54) is 73.4 Å². The second-order valence-corrected chi connectivity index (χ2v) is 29.3. The number of aliphatic hydroxyl groups is 1. The zero-order valence-electron chi connectivity index (χ0n) is 58.8. The molecule has 2 unspecified atom stereocenters. The molecule has 1 spiro atoms. The molecular weight excluding hydrogens is 1160 g/mol. The molecule has 510 valence electrons. The third-order valence-electron chi connectivity index (χ3n) is 17.6. The van der Waals surface area contributed by atoms with Crippen LogP contribution in [-0.4, -0.2) is 245 Å². The number of carbonyl (C=O) groups is 10. The Bertz CT molecular complexity index is 2450. The number of carbonyl (C=O) groups excluding carboxylic acids is 10. The highest BCUT2D eigenvalue weighted by molar-refractivity contribution is 7.99. The van der Waals surface area contributed by atoms with Crippen molar-refractivity contribution in [3.05, 3.63) is 12.2 Å². The van der Waals surface area contributed by atoms with Gasteiger partial charge in [-0.3, -0.25) is 57.7 Å². The van der Waals surface area contributed by atoms with Gasteiger partial charge < -0.3 is 55.6 Å². The Kier molecular flexibility index (Phi) is 31.3. The van der Waals surface area contributed by atoms with Crippen LogP contribution in [0.25, 0.3) is 0 Å². The lowest BCUT2D eigenvalue weighted by molar-refractivity contribution is -0.164. The summed E-state index contributed by atoms with van der Waals surface area (Å²) in [7, 11) is 10.9. The fraction of sp³-hybridized carbons (Fsp3) is 0.815. The van der Waals surface area contributed by atoms with Crippen molar-refractivity contribution >= 4 is 70.9 Å². The highest BCUT2D eigenvalue weighted by Crippen LogP contribution is 2.51. The topological polar surface area (TPSA) is 271 Å². The summed E-state index contributed by atoms with van der Waals surface area (Å²) in [6, 6.07) is -9.44. The third kappa shape index (κ3) is 21.6. The molecule has 12 atom stereocenters. The molecule has 2 rings (SSSR count). The quantitative estimate of drug-likeness (QED) is 0.114. The maximum Gasteiger partial charge on any atom is 0.316 e. The summed E-state index contributed by atoms with van der Waals surface area (Å²) in [5, 5.41) is 23.4. The van der Waals surface area contributed by atoms with Crippen molar-refractivity contribution in [3.63, 3.8) is 0 Å². The zero-order chi connectivity index (χ0) is 68.7. The maximum atomic E-state index is 15.5. The number of ether oxygens (including phenoxy) is 1. The average molecular weight is 1280 g/mol. The van der Waals surface area contributed by atoms with Crippen LogP contribution in [-0.2, 0) is 52.7 Å². The van der Waals surface area contributed by atoms with E-state index in [1.54, 1.807) is 66.8 Å². The Morgan fingerprint density at radius 3 is 1.67 bits per heavy atom. The Morgan fingerprint density at radius 1 is 0.652 bits per heavy atom. The van der Waals surface area contributed by atoms with Gasteiger partial charge >= 0.3 is 5.97 Å². The van der Waals surface area contributed by atoms with Crippen LogP contribution in [0.1, 0.15) is 156 Å². The standard InChI is InChI=1S/C65H117N11O12S/c1-26-27-28-42(12)54(88-50(78)34-89-25)53-57(81)68-44(14)58(82)71(19)33-49(77)76(24)65(35-64(16,17)36-65)63(87)69-51(40(8)9)61(85)73(21)47(30-38(4)5)56(80)66-43(13)55(79)67-45(15)59(83)72(20)46(29-37(2)3)32-70(18)48(31-39(6)7)60(84)74(22)52(41(10)11)62(86)75(53)23/h26-27,37-48,51-54,59,83H,28-36H2,1-25H3,(H,66,80)(H,67,79)(H,68,81)(H,69,87)/b27-26+/t42-,43+,44+,45?,46+,47+,48+,51+,52+,53+,54-,59?/m1/s1. The smallest absolute Gasteiger partial charge is 0.316 e. The number of nitrogens with zero attached hydrogens (tertiary/aromatic N) is 7. The minimum absolute atomic E-state index is 0.000668. The van der Waals surface area contributed by atoms with E-state index in [1.807, 2.05) is 86.4 Å². The fourth-order valence-electron chi connectivity index (χ4n) is 12.5. The van der Waals surface area contributed by atoms with Crippen molar-refractivity contribution in [3.8, 4) is 0 Å². The van der Waals surface area contributed by atoms with Crippen molar-refractivity contribution in [1.82, 2.24) is 55.6 Å². The number of amides is 9.